The molecule has 1 fully saturated rings. The Morgan fingerprint density at radius 3 is 2.71 bits per heavy atom. The molecule has 1 heterocycles. The summed E-state index contributed by atoms with van der Waals surface area (Å²) in [6.45, 7) is 0.0322. The van der Waals surface area contributed by atoms with E-state index in [2.05, 4.69) is 0 Å². The third-order valence-electron chi connectivity index (χ3n) is 2.23. The Morgan fingerprint density at radius 1 is 1.35 bits per heavy atom. The topological polar surface area (TPSA) is 107 Å². The van der Waals surface area contributed by atoms with Gasteiger partial charge in [0.15, 0.2) is 0 Å². The molecule has 1 rings (SSSR count). The summed E-state index contributed by atoms with van der Waals surface area (Å²) < 4.78 is 5.95. The zero-order valence-corrected chi connectivity index (χ0v) is 11.6. The number of aliphatic hydroxyl groups is 3. The summed E-state index contributed by atoms with van der Waals surface area (Å²) in [5, 5.41) is 36.3. The first-order valence-electron chi connectivity index (χ1n) is 5.09. The molecular formula is C9H16O6SSe. The predicted octanol–water partition coefficient (Wildman–Crippen LogP) is -1.70. The van der Waals surface area contributed by atoms with Gasteiger partial charge in [-0.2, -0.15) is 0 Å². The van der Waals surface area contributed by atoms with Gasteiger partial charge in [0.2, 0.25) is 0 Å². The second kappa shape index (κ2) is 7.58. The summed E-state index contributed by atoms with van der Waals surface area (Å²) in [5.41, 5.74) is 0. The summed E-state index contributed by atoms with van der Waals surface area (Å²) in [7, 11) is 0. The Bertz CT molecular complexity index is 254. The first kappa shape index (κ1) is 15.2. The minimum absolute atomic E-state index is 0.0322. The van der Waals surface area contributed by atoms with Crippen LogP contribution < -0.4 is 0 Å². The first-order valence-corrected chi connectivity index (χ1v) is 8.45. The Labute approximate surface area is 110 Å². The zero-order chi connectivity index (χ0) is 12.8. The predicted molar refractivity (Wildman–Crippen MR) is 63.1 cm³/mol. The fourth-order valence-corrected chi connectivity index (χ4v) is 5.24. The van der Waals surface area contributed by atoms with Crippen LogP contribution in [0, 0.1) is 0 Å². The monoisotopic (exact) mass is 332 g/mol. The molecule has 1 aliphatic rings. The van der Waals surface area contributed by atoms with E-state index in [1.54, 1.807) is 0 Å². The van der Waals surface area contributed by atoms with Crippen LogP contribution in [0.25, 0.3) is 0 Å². The van der Waals surface area contributed by atoms with Gasteiger partial charge in [-0.1, -0.05) is 0 Å². The number of aliphatic carboxylic acids is 1. The molecule has 0 bridgehead atoms. The molecule has 0 spiro atoms. The number of hydrogen-bond acceptors (Lipinski definition) is 6. The number of hydrogen-bond donors (Lipinski definition) is 4. The number of carboxylic acid groups (broad SMARTS) is 1. The van der Waals surface area contributed by atoms with Gasteiger partial charge in [0.05, 0.1) is 0 Å². The number of aliphatic hydroxyl groups excluding tert-OH is 3. The van der Waals surface area contributed by atoms with Crippen LogP contribution in [-0.2, 0) is 9.53 Å². The number of rotatable bonds is 6. The van der Waals surface area contributed by atoms with Crippen molar-refractivity contribution in [1.29, 1.82) is 0 Å². The number of carboxylic acids is 1. The van der Waals surface area contributed by atoms with Crippen LogP contribution in [0.3, 0.4) is 0 Å². The average Bonchev–Trinajstić information content (AvgIpc) is 2.28. The van der Waals surface area contributed by atoms with Gasteiger partial charge < -0.3 is 0 Å². The summed E-state index contributed by atoms with van der Waals surface area (Å²) in [6, 6.07) is 0. The molecule has 0 aromatic carbocycles. The molecule has 4 N–H and O–H groups in total. The van der Waals surface area contributed by atoms with Gasteiger partial charge in [0.25, 0.3) is 0 Å². The van der Waals surface area contributed by atoms with Crippen molar-refractivity contribution in [3.63, 3.8) is 0 Å². The van der Waals surface area contributed by atoms with Gasteiger partial charge in [-0.05, 0) is 0 Å². The molecule has 100 valence electrons. The van der Waals surface area contributed by atoms with E-state index in [1.807, 2.05) is 0 Å². The number of thioether (sulfide) groups is 1. The van der Waals surface area contributed by atoms with Crippen LogP contribution in [0.2, 0.25) is 0 Å². The van der Waals surface area contributed by atoms with Gasteiger partial charge in [-0.25, -0.2) is 0 Å². The zero-order valence-electron chi connectivity index (χ0n) is 9.06. The van der Waals surface area contributed by atoms with Crippen LogP contribution >= 0.6 is 11.8 Å². The fourth-order valence-electron chi connectivity index (χ4n) is 1.26. The van der Waals surface area contributed by atoms with Crippen LogP contribution in [0.1, 0.15) is 6.42 Å². The standard InChI is InChI=1S/C9H16O6SSe/c10-5-3-15-9(8(14)7(5)13)17-4-16-2-1-6(11)12/h5,7-10,13-14H,1-4H2,(H,11,12). The maximum absolute atomic E-state index is 10.3. The van der Waals surface area contributed by atoms with Crippen molar-refractivity contribution in [2.24, 2.45) is 0 Å². The van der Waals surface area contributed by atoms with Crippen molar-refractivity contribution in [2.75, 3.05) is 17.0 Å². The normalized spacial score (nSPS) is 33.6. The molecular weight excluding hydrogens is 315 g/mol. The molecule has 0 aromatic heterocycles. The molecule has 6 nitrogen and oxygen atoms in total. The van der Waals surface area contributed by atoms with E-state index in [4.69, 9.17) is 9.84 Å². The number of carbonyl (C=O) groups is 1. The number of ether oxygens (including phenoxy) is 1. The molecule has 1 aliphatic heterocycles. The summed E-state index contributed by atoms with van der Waals surface area (Å²) in [6.07, 6.45) is -3.12. The van der Waals surface area contributed by atoms with Crippen molar-refractivity contribution in [2.45, 2.75) is 29.7 Å². The van der Waals surface area contributed by atoms with Crippen molar-refractivity contribution in [3.05, 3.63) is 0 Å². The molecule has 8 heteroatoms. The van der Waals surface area contributed by atoms with Crippen molar-refractivity contribution >= 4 is 32.7 Å². The summed E-state index contributed by atoms with van der Waals surface area (Å²) >= 11 is 1.44. The summed E-state index contributed by atoms with van der Waals surface area (Å²) in [5.74, 6) is -0.289. The molecule has 0 radical (unpaired) electrons. The molecule has 0 amide bonds. The second-order valence-corrected chi connectivity index (χ2v) is 7.80. The van der Waals surface area contributed by atoms with Gasteiger partial charge in [-0.15, -0.1) is 0 Å². The van der Waals surface area contributed by atoms with E-state index in [-0.39, 0.29) is 28.0 Å². The Kier molecular flexibility index (Phi) is 6.79. The quantitative estimate of drug-likeness (QED) is 0.339. The molecule has 17 heavy (non-hydrogen) atoms. The SMILES string of the molecule is O=C(O)CCSC[Se]C1OCC(O)C(O)C1O. The molecule has 1 saturated heterocycles. The fraction of sp³-hybridized carbons (Fsp3) is 0.889. The van der Waals surface area contributed by atoms with Gasteiger partial charge in [-0.3, -0.25) is 0 Å². The van der Waals surface area contributed by atoms with Crippen molar-refractivity contribution < 1.29 is 30.0 Å². The van der Waals surface area contributed by atoms with E-state index in [9.17, 15) is 20.1 Å². The van der Waals surface area contributed by atoms with Crippen LogP contribution in [-0.4, -0.2) is 81.7 Å². The molecule has 0 saturated carbocycles. The van der Waals surface area contributed by atoms with E-state index in [1.165, 1.54) is 11.8 Å². The third kappa shape index (κ3) is 5.13. The second-order valence-electron chi connectivity index (χ2n) is 3.59. The average molecular weight is 331 g/mol. The van der Waals surface area contributed by atoms with Crippen LogP contribution in [0.15, 0.2) is 0 Å². The molecule has 4 unspecified atom stereocenters. The van der Waals surface area contributed by atoms with Gasteiger partial charge in [0.1, 0.15) is 0 Å². The minimum atomic E-state index is -1.15. The van der Waals surface area contributed by atoms with Crippen molar-refractivity contribution in [1.82, 2.24) is 0 Å². The Balaban J connectivity index is 2.16. The third-order valence-corrected chi connectivity index (χ3v) is 6.49. The van der Waals surface area contributed by atoms with Gasteiger partial charge >= 0.3 is 109 Å². The maximum atomic E-state index is 10.3. The molecule has 4 atom stereocenters. The van der Waals surface area contributed by atoms with Crippen LogP contribution in [0.4, 0.5) is 0 Å². The van der Waals surface area contributed by atoms with Gasteiger partial charge in [0, 0.05) is 0 Å². The van der Waals surface area contributed by atoms with Crippen molar-refractivity contribution in [3.8, 4) is 0 Å². The Morgan fingerprint density at radius 2 is 2.06 bits per heavy atom. The van der Waals surface area contributed by atoms with E-state index < -0.39 is 29.3 Å². The van der Waals surface area contributed by atoms with E-state index in [0.717, 1.165) is 0 Å². The Hall–Kier alpha value is 0.179. The van der Waals surface area contributed by atoms with Crippen LogP contribution in [0.5, 0.6) is 0 Å². The summed E-state index contributed by atoms with van der Waals surface area (Å²) in [4.78, 5) is 10.3. The first-order chi connectivity index (χ1) is 8.02. The molecule has 0 aromatic rings. The van der Waals surface area contributed by atoms with E-state index in [0.29, 0.717) is 10.4 Å². The molecule has 0 aliphatic carbocycles. The van der Waals surface area contributed by atoms with E-state index >= 15 is 0 Å².